The van der Waals surface area contributed by atoms with E-state index in [4.69, 9.17) is 4.98 Å². The predicted molar refractivity (Wildman–Crippen MR) is 131 cm³/mol. The van der Waals surface area contributed by atoms with Crippen molar-refractivity contribution in [2.45, 2.75) is 26.7 Å². The molecule has 0 saturated carbocycles. The van der Waals surface area contributed by atoms with Crippen LogP contribution < -0.4 is 0 Å². The molecule has 3 heteroatoms. The maximum Gasteiger partial charge on any atom is 0.145 e. The fraction of sp³-hybridized carbons (Fsp3) is 0.179. The maximum atomic E-state index is 4.97. The van der Waals surface area contributed by atoms with E-state index in [1.165, 1.54) is 55.0 Å². The van der Waals surface area contributed by atoms with Crippen molar-refractivity contribution in [3.63, 3.8) is 0 Å². The third-order valence-electron chi connectivity index (χ3n) is 6.72. The molecule has 3 heterocycles. The van der Waals surface area contributed by atoms with E-state index in [0.29, 0.717) is 0 Å². The van der Waals surface area contributed by atoms with Gasteiger partial charge in [0.15, 0.2) is 0 Å². The average Bonchev–Trinajstić information content (AvgIpc) is 3.41. The highest BCUT2D eigenvalue weighted by molar-refractivity contribution is 6.15. The third-order valence-corrected chi connectivity index (χ3v) is 6.72. The summed E-state index contributed by atoms with van der Waals surface area (Å²) in [4.78, 5) is 4.97. The zero-order valence-electron chi connectivity index (χ0n) is 18.2. The van der Waals surface area contributed by atoms with Crippen molar-refractivity contribution in [2.24, 2.45) is 7.05 Å². The summed E-state index contributed by atoms with van der Waals surface area (Å²) < 4.78 is 4.58. The first-order chi connectivity index (χ1) is 15.2. The summed E-state index contributed by atoms with van der Waals surface area (Å²) in [5.74, 6) is 0. The minimum Gasteiger partial charge on any atom is -0.350 e. The molecule has 3 nitrogen and oxygen atoms in total. The van der Waals surface area contributed by atoms with Crippen LogP contribution in [0.1, 0.15) is 25.0 Å². The molecule has 0 fully saturated rings. The van der Waals surface area contributed by atoms with Gasteiger partial charge in [-0.2, -0.15) is 0 Å². The fourth-order valence-electron chi connectivity index (χ4n) is 5.15. The van der Waals surface area contributed by atoms with Gasteiger partial charge in [0, 0.05) is 40.5 Å². The molecule has 152 valence electrons. The molecule has 0 aliphatic rings. The summed E-state index contributed by atoms with van der Waals surface area (Å²) in [7, 11) is 2.11. The van der Waals surface area contributed by atoms with Gasteiger partial charge in [-0.3, -0.25) is 4.40 Å². The quantitative estimate of drug-likeness (QED) is 0.294. The van der Waals surface area contributed by atoms with Gasteiger partial charge in [0.25, 0.3) is 0 Å². The van der Waals surface area contributed by atoms with Crippen molar-refractivity contribution in [2.75, 3.05) is 0 Å². The summed E-state index contributed by atoms with van der Waals surface area (Å²) in [5, 5.41) is 4.99. The van der Waals surface area contributed by atoms with E-state index in [2.05, 4.69) is 103 Å². The summed E-state index contributed by atoms with van der Waals surface area (Å²) in [5.41, 5.74) is 8.76. The zero-order valence-corrected chi connectivity index (χ0v) is 18.2. The van der Waals surface area contributed by atoms with Crippen molar-refractivity contribution >= 4 is 38.2 Å². The Hall–Kier alpha value is -3.59. The monoisotopic (exact) mass is 403 g/mol. The van der Waals surface area contributed by atoms with Gasteiger partial charge in [0.05, 0.1) is 17.4 Å². The normalized spacial score (nSPS) is 12.0. The lowest BCUT2D eigenvalue weighted by Gasteiger charge is -2.16. The first-order valence-corrected chi connectivity index (χ1v) is 11.1. The number of aryl methyl sites for hydroxylation is 3. The zero-order chi connectivity index (χ0) is 21.1. The highest BCUT2D eigenvalue weighted by Gasteiger charge is 2.18. The minimum atomic E-state index is 1.00. The van der Waals surface area contributed by atoms with E-state index >= 15 is 0 Å². The van der Waals surface area contributed by atoms with Gasteiger partial charge >= 0.3 is 0 Å². The van der Waals surface area contributed by atoms with Crippen LogP contribution in [-0.2, 0) is 19.9 Å². The van der Waals surface area contributed by atoms with Crippen molar-refractivity contribution in [1.29, 1.82) is 0 Å². The maximum absolute atomic E-state index is 4.97. The largest absolute Gasteiger partial charge is 0.350 e. The predicted octanol–water partition coefficient (Wildman–Crippen LogP) is 6.92. The molecule has 0 amide bonds. The molecule has 0 bridgehead atoms. The Morgan fingerprint density at radius 2 is 1.52 bits per heavy atom. The van der Waals surface area contributed by atoms with Crippen molar-refractivity contribution in [3.05, 3.63) is 84.2 Å². The number of imidazole rings is 1. The van der Waals surface area contributed by atoms with Gasteiger partial charge in [-0.05, 0) is 47.6 Å². The number of hydrogen-bond acceptors (Lipinski definition) is 1. The van der Waals surface area contributed by atoms with Gasteiger partial charge < -0.3 is 4.57 Å². The smallest absolute Gasteiger partial charge is 0.145 e. The molecule has 3 aromatic carbocycles. The Bertz CT molecular complexity index is 1590. The topological polar surface area (TPSA) is 22.2 Å². The summed E-state index contributed by atoms with van der Waals surface area (Å²) in [6.45, 7) is 4.48. The molecule has 3 aromatic heterocycles. The van der Waals surface area contributed by atoms with Crippen LogP contribution in [0.15, 0.2) is 73.1 Å². The number of benzene rings is 3. The molecule has 6 aromatic rings. The lowest BCUT2D eigenvalue weighted by atomic mass is 9.95. The first-order valence-electron chi connectivity index (χ1n) is 11.1. The number of aromatic nitrogens is 3. The van der Waals surface area contributed by atoms with Crippen molar-refractivity contribution in [3.8, 4) is 11.3 Å². The summed E-state index contributed by atoms with van der Waals surface area (Å²) in [6.07, 6.45) is 6.22. The van der Waals surface area contributed by atoms with Crippen LogP contribution in [0.25, 0.3) is 49.5 Å². The van der Waals surface area contributed by atoms with Crippen LogP contribution >= 0.6 is 0 Å². The molecule has 0 atom stereocenters. The average molecular weight is 404 g/mol. The molecule has 0 aliphatic heterocycles. The van der Waals surface area contributed by atoms with Crippen LogP contribution in [0.3, 0.4) is 0 Å². The van der Waals surface area contributed by atoms with Crippen LogP contribution in [0.5, 0.6) is 0 Å². The third kappa shape index (κ3) is 2.50. The number of rotatable bonds is 3. The molecule has 0 unspecified atom stereocenters. The van der Waals surface area contributed by atoms with Gasteiger partial charge in [0.1, 0.15) is 5.65 Å². The Morgan fingerprint density at radius 3 is 2.26 bits per heavy atom. The van der Waals surface area contributed by atoms with E-state index in [1.807, 2.05) is 0 Å². The molecule has 31 heavy (non-hydrogen) atoms. The van der Waals surface area contributed by atoms with Crippen LogP contribution in [0, 0.1) is 0 Å². The van der Waals surface area contributed by atoms with Crippen molar-refractivity contribution < 1.29 is 0 Å². The van der Waals surface area contributed by atoms with E-state index < -0.39 is 0 Å². The Balaban J connectivity index is 1.87. The summed E-state index contributed by atoms with van der Waals surface area (Å²) >= 11 is 0. The molecule has 0 aliphatic carbocycles. The lowest BCUT2D eigenvalue weighted by molar-refractivity contribution is 0.969. The summed E-state index contributed by atoms with van der Waals surface area (Å²) in [6, 6.07) is 22.2. The molecule has 0 radical (unpaired) electrons. The van der Waals surface area contributed by atoms with E-state index in [-0.39, 0.29) is 0 Å². The van der Waals surface area contributed by atoms with Gasteiger partial charge in [-0.15, -0.1) is 0 Å². The highest BCUT2D eigenvalue weighted by Crippen LogP contribution is 2.37. The number of hydrogen-bond donors (Lipinski definition) is 0. The van der Waals surface area contributed by atoms with Gasteiger partial charge in [-0.25, -0.2) is 4.98 Å². The Labute approximate surface area is 181 Å². The Morgan fingerprint density at radius 1 is 0.774 bits per heavy atom. The van der Waals surface area contributed by atoms with Crippen LogP contribution in [0.4, 0.5) is 0 Å². The van der Waals surface area contributed by atoms with Crippen molar-refractivity contribution in [1.82, 2.24) is 14.0 Å². The standard InChI is InChI=1S/C28H25N3/c1-4-18-9-8-10-19(5-2)27(18)26-17-29-28-22-12-7-6-11-21(22)23-15-20-13-14-30(3)24(20)16-25(23)31(26)28/h6-17H,4-5H2,1-3H3. The second kappa shape index (κ2) is 6.71. The molecule has 0 saturated heterocycles. The molecule has 0 N–H and O–H groups in total. The Kier molecular flexibility index (Phi) is 3.94. The van der Waals surface area contributed by atoms with E-state index in [1.54, 1.807) is 0 Å². The number of fused-ring (bicyclic) bond motifs is 7. The fourth-order valence-corrected chi connectivity index (χ4v) is 5.15. The molecular formula is C28H25N3. The minimum absolute atomic E-state index is 1.00. The van der Waals surface area contributed by atoms with Crippen LogP contribution in [-0.4, -0.2) is 14.0 Å². The van der Waals surface area contributed by atoms with E-state index in [0.717, 1.165) is 18.5 Å². The molecule has 6 rings (SSSR count). The number of pyridine rings is 1. The highest BCUT2D eigenvalue weighted by atomic mass is 15.0. The molecule has 0 spiro atoms. The SMILES string of the molecule is CCc1cccc(CC)c1-c1cnc2c3ccccc3c3cc4ccn(C)c4cc3n12. The lowest BCUT2D eigenvalue weighted by Crippen LogP contribution is -1.99. The van der Waals surface area contributed by atoms with Crippen LogP contribution in [0.2, 0.25) is 0 Å². The molecular weight excluding hydrogens is 378 g/mol. The number of nitrogens with zero attached hydrogens (tertiary/aromatic N) is 3. The van der Waals surface area contributed by atoms with Gasteiger partial charge in [-0.1, -0.05) is 56.3 Å². The second-order valence-electron chi connectivity index (χ2n) is 8.36. The first kappa shape index (κ1) is 18.2. The second-order valence-corrected chi connectivity index (χ2v) is 8.36. The van der Waals surface area contributed by atoms with E-state index in [9.17, 15) is 0 Å². The van der Waals surface area contributed by atoms with Gasteiger partial charge in [0.2, 0.25) is 0 Å².